The van der Waals surface area contributed by atoms with E-state index in [2.05, 4.69) is 29.2 Å². The molecule has 0 aliphatic rings. The number of hydrogen-bond donors (Lipinski definition) is 1. The van der Waals surface area contributed by atoms with E-state index < -0.39 is 0 Å². The summed E-state index contributed by atoms with van der Waals surface area (Å²) in [5.74, 6) is 0.257. The maximum atomic E-state index is 6.91. The van der Waals surface area contributed by atoms with Crippen molar-refractivity contribution in [2.45, 2.75) is 13.8 Å². The standard InChI is InChI=1S/C6H9NS.U/c1-6(2)5-7-3-4-8;/h3,6,8H,1-2H3;/q-2;+2/i3T;. The van der Waals surface area contributed by atoms with Gasteiger partial charge in [-0.05, 0) is 0 Å². The predicted molar refractivity (Wildman–Crippen MR) is 39.1 cm³/mol. The van der Waals surface area contributed by atoms with Gasteiger partial charge in [0, 0.05) is 0 Å². The Morgan fingerprint density at radius 2 is 2.33 bits per heavy atom. The topological polar surface area (TPSA) is 12.4 Å². The molecule has 0 unspecified atom stereocenters. The molecular formula is C6H9NSU. The van der Waals surface area contributed by atoms with Crippen molar-refractivity contribution in [1.29, 1.82) is 0 Å². The molecule has 0 aliphatic heterocycles. The molecule has 0 atom stereocenters. The van der Waals surface area contributed by atoms with Gasteiger partial charge in [0.05, 0.1) is 0 Å². The van der Waals surface area contributed by atoms with Crippen molar-refractivity contribution in [3.05, 3.63) is 11.6 Å². The Hall–Kier alpha value is 0.812. The summed E-state index contributed by atoms with van der Waals surface area (Å²) >= 11 is 3.61. The number of nitrogens with zero attached hydrogens (tertiary/aromatic N) is 1. The second kappa shape index (κ2) is 8.81. The molecule has 0 heterocycles. The maximum absolute atomic E-state index is 6.91. The average molecular weight is 367 g/mol. The minimum Gasteiger partial charge on any atom is -0.522 e. The molecule has 0 saturated carbocycles. The SMILES string of the molecule is [3H]C(=[C-]S)N=[C-]C(C)C.[U+2]. The van der Waals surface area contributed by atoms with E-state index in [9.17, 15) is 0 Å². The third kappa shape index (κ3) is 12.1. The van der Waals surface area contributed by atoms with Gasteiger partial charge in [-0.3, -0.25) is 0 Å². The second-order valence-electron chi connectivity index (χ2n) is 1.62. The first-order valence-corrected chi connectivity index (χ1v) is 2.81. The molecule has 3 heteroatoms. The average Bonchev–Trinajstić information content (AvgIpc) is 1.83. The van der Waals surface area contributed by atoms with E-state index >= 15 is 0 Å². The van der Waals surface area contributed by atoms with Gasteiger partial charge >= 0.3 is 31.1 Å². The first kappa shape index (κ1) is 9.81. The Morgan fingerprint density at radius 1 is 1.78 bits per heavy atom. The summed E-state index contributed by atoms with van der Waals surface area (Å²) in [6.07, 6.45) is 2.71. The van der Waals surface area contributed by atoms with E-state index in [1.54, 1.807) is 0 Å². The van der Waals surface area contributed by atoms with E-state index in [4.69, 9.17) is 1.37 Å². The minimum absolute atomic E-state index is 0. The van der Waals surface area contributed by atoms with E-state index in [0.29, 0.717) is 0 Å². The first-order chi connectivity index (χ1) is 4.16. The van der Waals surface area contributed by atoms with E-state index in [0.717, 1.165) is 0 Å². The van der Waals surface area contributed by atoms with E-state index in [1.165, 1.54) is 0 Å². The number of aliphatic imine (C=N–C) groups is 1. The van der Waals surface area contributed by atoms with Gasteiger partial charge in [-0.1, -0.05) is 21.1 Å². The second-order valence-corrected chi connectivity index (χ2v) is 1.84. The van der Waals surface area contributed by atoms with Crippen LogP contribution in [0.4, 0.5) is 0 Å². The monoisotopic (exact) mass is 367 g/mol. The quantitative estimate of drug-likeness (QED) is 0.434. The van der Waals surface area contributed by atoms with Crippen molar-refractivity contribution < 1.29 is 32.5 Å². The Morgan fingerprint density at radius 3 is 2.67 bits per heavy atom. The summed E-state index contributed by atoms with van der Waals surface area (Å²) in [5, 5.41) is 2.27. The molecule has 0 radical (unpaired) electrons. The molecule has 0 rings (SSSR count). The number of hydrogen-bond acceptors (Lipinski definition) is 2. The molecule has 0 bridgehead atoms. The van der Waals surface area contributed by atoms with Crippen LogP contribution in [0.2, 0.25) is 0 Å². The number of thiol groups is 1. The third-order valence-electron chi connectivity index (χ3n) is 0.429. The number of rotatable bonds is 2. The molecule has 0 aromatic rings. The molecule has 0 amide bonds. The molecule has 0 spiro atoms. The van der Waals surface area contributed by atoms with Gasteiger partial charge in [0.15, 0.2) is 0 Å². The zero-order chi connectivity index (χ0) is 7.28. The van der Waals surface area contributed by atoms with Gasteiger partial charge in [0.25, 0.3) is 0 Å². The van der Waals surface area contributed by atoms with Crippen LogP contribution in [0.3, 0.4) is 0 Å². The van der Waals surface area contributed by atoms with Crippen molar-refractivity contribution in [3.63, 3.8) is 0 Å². The molecule has 0 fully saturated rings. The largest absolute Gasteiger partial charge is 2.00 e. The summed E-state index contributed by atoms with van der Waals surface area (Å²) in [6, 6.07) is 0. The van der Waals surface area contributed by atoms with E-state index in [1.807, 2.05) is 13.8 Å². The summed E-state index contributed by atoms with van der Waals surface area (Å²) < 4.78 is 6.91. The molecule has 0 aromatic carbocycles. The summed E-state index contributed by atoms with van der Waals surface area (Å²) in [6.45, 7) is 3.88. The van der Waals surface area contributed by atoms with Crippen molar-refractivity contribution in [2.24, 2.45) is 10.9 Å². The van der Waals surface area contributed by atoms with Crippen LogP contribution >= 0.6 is 12.6 Å². The van der Waals surface area contributed by atoms with Crippen LogP contribution < -0.4 is 0 Å². The molecule has 48 valence electrons. The van der Waals surface area contributed by atoms with Crippen LogP contribution in [0, 0.1) is 42.4 Å². The summed E-state index contributed by atoms with van der Waals surface area (Å²) in [4.78, 5) is 3.59. The van der Waals surface area contributed by atoms with Gasteiger partial charge in [-0.2, -0.15) is 6.21 Å². The Kier molecular flexibility index (Phi) is 9.61. The smallest absolute Gasteiger partial charge is 0.522 e. The molecule has 1 nitrogen and oxygen atoms in total. The van der Waals surface area contributed by atoms with Crippen molar-refractivity contribution in [3.8, 4) is 0 Å². The Labute approximate surface area is 87.2 Å². The van der Waals surface area contributed by atoms with Crippen LogP contribution in [0.25, 0.3) is 0 Å². The predicted octanol–water partition coefficient (Wildman–Crippen LogP) is 1.79. The zero-order valence-electron chi connectivity index (χ0n) is 6.47. The Bertz CT molecular complexity index is 134. The van der Waals surface area contributed by atoms with Crippen molar-refractivity contribution in [1.82, 2.24) is 0 Å². The van der Waals surface area contributed by atoms with Crippen LogP contribution in [0.15, 0.2) is 11.2 Å². The molecular weight excluding hydrogens is 356 g/mol. The Balaban J connectivity index is 0. The fraction of sp³-hybridized carbons (Fsp3) is 0.500. The van der Waals surface area contributed by atoms with Crippen LogP contribution in [0.5, 0.6) is 0 Å². The zero-order valence-corrected chi connectivity index (χ0v) is 10.5. The fourth-order valence-electron chi connectivity index (χ4n) is 0.186. The molecule has 0 aliphatic carbocycles. The van der Waals surface area contributed by atoms with Gasteiger partial charge in [0.2, 0.25) is 0 Å². The first-order valence-electron chi connectivity index (χ1n) is 2.86. The molecule has 0 saturated heterocycles. The molecule has 0 aromatic heterocycles. The van der Waals surface area contributed by atoms with Gasteiger partial charge in [-0.25, -0.2) is 0 Å². The van der Waals surface area contributed by atoms with Crippen LogP contribution in [-0.2, 0) is 0 Å². The van der Waals surface area contributed by atoms with Crippen molar-refractivity contribution in [2.75, 3.05) is 0 Å². The van der Waals surface area contributed by atoms with E-state index in [-0.39, 0.29) is 43.2 Å². The molecule has 0 N–H and O–H groups in total. The fourth-order valence-corrected chi connectivity index (χ4v) is 0.236. The van der Waals surface area contributed by atoms with Crippen LogP contribution in [-0.4, -0.2) is 6.21 Å². The maximum Gasteiger partial charge on any atom is 2.00 e. The van der Waals surface area contributed by atoms with Gasteiger partial charge in [-0.15, -0.1) is 0 Å². The van der Waals surface area contributed by atoms with Gasteiger partial charge in [0.1, 0.15) is 0 Å². The summed E-state index contributed by atoms with van der Waals surface area (Å²) in [7, 11) is 0. The molecule has 9 heavy (non-hydrogen) atoms. The minimum atomic E-state index is 0. The third-order valence-corrected chi connectivity index (χ3v) is 0.529. The van der Waals surface area contributed by atoms with Gasteiger partial charge < -0.3 is 29.2 Å². The summed E-state index contributed by atoms with van der Waals surface area (Å²) in [5.41, 5.74) is 0. The van der Waals surface area contributed by atoms with Crippen LogP contribution in [0.1, 0.15) is 15.2 Å². The van der Waals surface area contributed by atoms with Crippen molar-refractivity contribution >= 4 is 18.8 Å². The normalized spacial score (nSPS) is 13.8.